The number of pyridine rings is 4. The van der Waals surface area contributed by atoms with Crippen molar-refractivity contribution >= 4 is 11.9 Å². The van der Waals surface area contributed by atoms with E-state index in [1.165, 1.54) is 24.3 Å². The van der Waals surface area contributed by atoms with Gasteiger partial charge in [0.05, 0.1) is 34.7 Å². The summed E-state index contributed by atoms with van der Waals surface area (Å²) in [5.74, 6) is -0.0832. The molecule has 104 heavy (non-hydrogen) atoms. The van der Waals surface area contributed by atoms with Crippen LogP contribution in [0.25, 0.3) is 91.6 Å². The van der Waals surface area contributed by atoms with Gasteiger partial charge in [0.2, 0.25) is 0 Å². The summed E-state index contributed by atoms with van der Waals surface area (Å²) >= 11 is 0. The average molecular weight is 1590 g/mol. The van der Waals surface area contributed by atoms with E-state index < -0.39 is 11.9 Å². The minimum absolute atomic E-state index is 0. The topological polar surface area (TPSA) is 545 Å². The minimum atomic E-state index is -1.33. The van der Waals surface area contributed by atoms with Gasteiger partial charge in [-0.25, -0.2) is 0 Å². The maximum Gasteiger partial charge on any atom is 3.00 e. The average Bonchev–Trinajstić information content (AvgIpc) is 1.69. The largest absolute Gasteiger partial charge is 3.00 e. The third-order valence-corrected chi connectivity index (χ3v) is 11.2. The molecule has 0 atom stereocenters. The van der Waals surface area contributed by atoms with Crippen LogP contribution in [0.2, 0.25) is 0 Å². The van der Waals surface area contributed by atoms with E-state index in [4.69, 9.17) is 40.9 Å². The molecule has 36 heteroatoms. The van der Waals surface area contributed by atoms with Crippen LogP contribution in [0.3, 0.4) is 0 Å². The van der Waals surface area contributed by atoms with Gasteiger partial charge in [-0.05, 0) is 81.9 Å². The molecule has 8 N–H and O–H groups in total. The normalized spacial score (nSPS) is 8.77. The van der Waals surface area contributed by atoms with Crippen LogP contribution in [-0.4, -0.2) is 170 Å². The first-order chi connectivity index (χ1) is 49.0. The van der Waals surface area contributed by atoms with Gasteiger partial charge in [-0.15, -0.1) is 23.0 Å². The molecule has 0 aliphatic rings. The molecule has 0 fully saturated rings. The number of carbonyl (C=O) groups is 2. The quantitative estimate of drug-likeness (QED) is 0.0849. The molecule has 544 valence electrons. The number of hydrogen-bond acceptors (Lipinski definition) is 28. The minimum Gasteiger partial charge on any atom is -0.872 e. The van der Waals surface area contributed by atoms with Gasteiger partial charge in [0, 0.05) is 128 Å². The summed E-state index contributed by atoms with van der Waals surface area (Å²) in [6.45, 7) is 0. The van der Waals surface area contributed by atoms with Crippen LogP contribution in [0.5, 0.6) is 23.0 Å². The Kier molecular flexibility index (Phi) is 57.2. The van der Waals surface area contributed by atoms with E-state index in [1.54, 1.807) is 122 Å². The number of hydrogen-bond donors (Lipinski definition) is 8. The number of aliphatic hydroxyl groups is 8. The summed E-state index contributed by atoms with van der Waals surface area (Å²) in [5.41, 5.74) is 4.25. The Morgan fingerprint density at radius 1 is 0.260 bits per heavy atom. The summed E-state index contributed by atoms with van der Waals surface area (Å²) in [5, 5.41) is 154. The number of aromatic carboxylic acids is 2. The van der Waals surface area contributed by atoms with Crippen LogP contribution in [0.4, 0.5) is 0 Å². The predicted molar refractivity (Wildman–Crippen MR) is 354 cm³/mol. The van der Waals surface area contributed by atoms with Gasteiger partial charge in [0.15, 0.2) is 0 Å². The standard InChI is InChI=1S/4C13H9N4O.C8H6O4.8CH4O.4Mn/c4*18-11-7-2-1-5-9(11)12-15-13(17-16-12)10-6-3-4-8-14-10;9-7(10)5-1-2-6(4-3-5)8(11)12;8*1-2;;;;/h4*1-8H,(H-,14,15,16,17,18);1-4H,(H,9,10)(H,11,12);8*2H,1H3;;;;/q4*-1;;;;;;;;;;2*+2;2*+3/p-6. The number of rotatable bonds is 10. The van der Waals surface area contributed by atoms with E-state index >= 15 is 0 Å². The molecule has 8 aromatic heterocycles. The van der Waals surface area contributed by atoms with Gasteiger partial charge in [-0.1, -0.05) is 146 Å². The van der Waals surface area contributed by atoms with Crippen molar-refractivity contribution in [3.63, 3.8) is 0 Å². The summed E-state index contributed by atoms with van der Waals surface area (Å²) in [4.78, 5) is 53.9. The van der Waals surface area contributed by atoms with Crippen LogP contribution in [0.1, 0.15) is 20.7 Å². The van der Waals surface area contributed by atoms with E-state index in [2.05, 4.69) is 80.7 Å². The van der Waals surface area contributed by atoms with E-state index in [-0.39, 0.29) is 102 Å². The van der Waals surface area contributed by atoms with Gasteiger partial charge in [-0.3, -0.25) is 19.9 Å². The zero-order valence-corrected chi connectivity index (χ0v) is 61.0. The first kappa shape index (κ1) is 99.5. The third kappa shape index (κ3) is 32.4. The third-order valence-electron chi connectivity index (χ3n) is 11.2. The molecule has 0 spiro atoms. The molecule has 0 saturated heterocycles. The molecule has 0 bridgehead atoms. The summed E-state index contributed by atoms with van der Waals surface area (Å²) in [6, 6.07) is 52.9. The number of aliphatic hydroxyl groups excluding tert-OH is 8. The molecule has 0 amide bonds. The SMILES string of the molecule is CO.CO.CO.CO.CO.CO.CO.CO.O=C([O-])c1ccc(C(=O)[O-])cc1.[Mn+2].[Mn+2].[Mn+3].[Mn+3].[O-]c1ccccc1-c1nnc(-c2ccccn2)[n-]1.[O-]c1ccccc1-c1nnc(-c2ccccn2)[n-]1.[O-]c1ccccc1-c1nnc(-c2ccccn2)[n-]1.[O-]c1ccccc1-c1nnc(-c2ccccn2)[n-]1. The fourth-order valence-electron chi connectivity index (χ4n) is 7.18. The first-order valence-corrected chi connectivity index (χ1v) is 28.3. The fraction of sp³-hybridized carbons (Fsp3) is 0.118. The Morgan fingerprint density at radius 2 is 0.423 bits per heavy atom. The number of benzene rings is 5. The van der Waals surface area contributed by atoms with Crippen molar-refractivity contribution in [2.75, 3.05) is 56.9 Å². The Labute approximate surface area is 639 Å². The number of carboxylic acids is 2. The monoisotopic (exact) mass is 1580 g/mol. The molecule has 8 heterocycles. The second-order valence-electron chi connectivity index (χ2n) is 16.8. The number of carbonyl (C=O) groups excluding carboxylic acids is 2. The van der Waals surface area contributed by atoms with Crippen molar-refractivity contribution in [3.8, 4) is 115 Å². The van der Waals surface area contributed by atoms with E-state index in [9.17, 15) is 40.2 Å². The molecule has 32 nitrogen and oxygen atoms in total. The zero-order valence-electron chi connectivity index (χ0n) is 56.3. The smallest absolute Gasteiger partial charge is 0.872 e. The predicted octanol–water partition coefficient (Wildman–Crippen LogP) is 0.217. The Hall–Kier alpha value is -10.8. The molecule has 0 aliphatic heterocycles. The number of nitrogens with zero attached hydrogens (tertiary/aromatic N) is 16. The molecular formula is C68H68Mn4N16O16. The van der Waals surface area contributed by atoms with Gasteiger partial charge < -0.3 is 142 Å². The van der Waals surface area contributed by atoms with Gasteiger partial charge in [0.1, 0.15) is 0 Å². The molecule has 2 radical (unpaired) electrons. The van der Waals surface area contributed by atoms with Crippen LogP contribution in [-0.2, 0) is 68.3 Å². The number of aromatic nitrogens is 16. The molecule has 0 unspecified atom stereocenters. The second-order valence-corrected chi connectivity index (χ2v) is 16.8. The Morgan fingerprint density at radius 3 is 0.577 bits per heavy atom. The molecule has 0 aliphatic carbocycles. The first-order valence-electron chi connectivity index (χ1n) is 28.3. The Bertz CT molecular complexity index is 3760. The van der Waals surface area contributed by atoms with Crippen molar-refractivity contribution in [3.05, 3.63) is 230 Å². The molecule has 0 saturated carbocycles. The van der Waals surface area contributed by atoms with Crippen LogP contribution in [0, 0.1) is 0 Å². The Balaban J connectivity index is -0.000000570. The summed E-state index contributed by atoms with van der Waals surface area (Å²) in [7, 11) is 8.00. The van der Waals surface area contributed by atoms with E-state index in [1.807, 2.05) is 48.5 Å². The van der Waals surface area contributed by atoms with E-state index in [0.29, 0.717) is 91.6 Å². The molecule has 13 aromatic rings. The second kappa shape index (κ2) is 59.8. The van der Waals surface area contributed by atoms with Crippen molar-refractivity contribution in [2.24, 2.45) is 0 Å². The summed E-state index contributed by atoms with van der Waals surface area (Å²) < 4.78 is 0. The van der Waals surface area contributed by atoms with Crippen molar-refractivity contribution in [1.82, 2.24) is 80.7 Å². The van der Waals surface area contributed by atoms with Crippen molar-refractivity contribution < 1.29 is 149 Å². The van der Waals surface area contributed by atoms with Crippen molar-refractivity contribution in [1.29, 1.82) is 0 Å². The molecule has 5 aromatic carbocycles. The fourth-order valence-corrected chi connectivity index (χ4v) is 7.18. The van der Waals surface area contributed by atoms with Crippen molar-refractivity contribution in [2.45, 2.75) is 0 Å². The van der Waals surface area contributed by atoms with Crippen LogP contribution >= 0.6 is 0 Å². The van der Waals surface area contributed by atoms with Gasteiger partial charge in [-0.2, -0.15) is 0 Å². The van der Waals surface area contributed by atoms with Crippen LogP contribution < -0.4 is 50.6 Å². The zero-order chi connectivity index (χ0) is 74.6. The van der Waals surface area contributed by atoms with Gasteiger partial charge in [0.25, 0.3) is 0 Å². The summed E-state index contributed by atoms with van der Waals surface area (Å²) in [6.07, 6.45) is 6.64. The molecule has 13 rings (SSSR count). The van der Waals surface area contributed by atoms with E-state index in [0.717, 1.165) is 81.1 Å². The number of para-hydroxylation sites is 4. The van der Waals surface area contributed by atoms with Gasteiger partial charge >= 0.3 is 68.3 Å². The maximum atomic E-state index is 11.6. The molecular weight excluding hydrogens is 1520 g/mol. The maximum absolute atomic E-state index is 11.6. The van der Waals surface area contributed by atoms with Crippen LogP contribution in [0.15, 0.2) is 219 Å². The number of carboxylic acid groups (broad SMARTS) is 2.